The molecule has 0 aliphatic heterocycles. The Labute approximate surface area is 109 Å². The first kappa shape index (κ1) is 11.1. The van der Waals surface area contributed by atoms with E-state index in [2.05, 4.69) is 21.1 Å². The van der Waals surface area contributed by atoms with Gasteiger partial charge >= 0.3 is 0 Å². The van der Waals surface area contributed by atoms with Crippen LogP contribution in [0.1, 0.15) is 5.56 Å². The molecule has 3 rings (SSSR count). The highest BCUT2D eigenvalue weighted by Crippen LogP contribution is 2.18. The zero-order valence-electron chi connectivity index (χ0n) is 9.93. The molecule has 0 fully saturated rings. The number of nitriles is 1. The third-order valence-corrected chi connectivity index (χ3v) is 2.71. The van der Waals surface area contributed by atoms with Crippen LogP contribution in [0.15, 0.2) is 55.2 Å². The summed E-state index contributed by atoms with van der Waals surface area (Å²) in [6, 6.07) is 9.47. The van der Waals surface area contributed by atoms with Crippen molar-refractivity contribution in [3.63, 3.8) is 0 Å². The molecule has 0 radical (unpaired) electrons. The lowest BCUT2D eigenvalue weighted by Gasteiger charge is -2.02. The van der Waals surface area contributed by atoms with Crippen molar-refractivity contribution in [1.82, 2.24) is 19.7 Å². The number of nitrogens with zero attached hydrogens (tertiary/aromatic N) is 5. The Kier molecular flexibility index (Phi) is 2.75. The maximum absolute atomic E-state index is 9.09. The lowest BCUT2D eigenvalue weighted by molar-refractivity contribution is 0.877. The smallest absolute Gasteiger partial charge is 0.101 e. The number of rotatable bonds is 2. The normalized spacial score (nSPS) is 10.1. The molecule has 0 spiro atoms. The third-order valence-electron chi connectivity index (χ3n) is 2.71. The summed E-state index contributed by atoms with van der Waals surface area (Å²) in [5.74, 6) is 0. The first-order valence-electron chi connectivity index (χ1n) is 5.69. The Morgan fingerprint density at radius 3 is 2.79 bits per heavy atom. The first-order valence-corrected chi connectivity index (χ1v) is 5.69. The van der Waals surface area contributed by atoms with Crippen LogP contribution in [-0.2, 0) is 0 Å². The Balaban J connectivity index is 2.05. The van der Waals surface area contributed by atoms with Gasteiger partial charge in [0.2, 0.25) is 0 Å². The maximum Gasteiger partial charge on any atom is 0.101 e. The van der Waals surface area contributed by atoms with Crippen molar-refractivity contribution >= 4 is 0 Å². The molecule has 2 heterocycles. The maximum atomic E-state index is 9.09. The van der Waals surface area contributed by atoms with Crippen molar-refractivity contribution in [2.45, 2.75) is 0 Å². The van der Waals surface area contributed by atoms with E-state index in [0.717, 1.165) is 16.9 Å². The summed E-state index contributed by atoms with van der Waals surface area (Å²) in [7, 11) is 0. The van der Waals surface area contributed by atoms with Gasteiger partial charge < -0.3 is 0 Å². The van der Waals surface area contributed by atoms with Gasteiger partial charge in [-0.1, -0.05) is 12.1 Å². The van der Waals surface area contributed by atoms with Gasteiger partial charge in [-0.15, -0.1) is 0 Å². The van der Waals surface area contributed by atoms with Crippen LogP contribution in [0, 0.1) is 11.3 Å². The molecule has 0 saturated heterocycles. The third kappa shape index (κ3) is 2.07. The van der Waals surface area contributed by atoms with Gasteiger partial charge in [-0.05, 0) is 12.1 Å². The van der Waals surface area contributed by atoms with Crippen molar-refractivity contribution in [3.8, 4) is 23.0 Å². The van der Waals surface area contributed by atoms with Gasteiger partial charge in [-0.2, -0.15) is 10.4 Å². The van der Waals surface area contributed by atoms with Crippen molar-refractivity contribution in [2.75, 3.05) is 0 Å². The van der Waals surface area contributed by atoms with E-state index in [4.69, 9.17) is 5.26 Å². The van der Waals surface area contributed by atoms with E-state index in [9.17, 15) is 0 Å². The monoisotopic (exact) mass is 247 g/mol. The van der Waals surface area contributed by atoms with Crippen LogP contribution in [0.4, 0.5) is 0 Å². The molecule has 1 aromatic carbocycles. The Morgan fingerprint density at radius 2 is 2.00 bits per heavy atom. The summed E-state index contributed by atoms with van der Waals surface area (Å²) in [6.45, 7) is 0. The highest BCUT2D eigenvalue weighted by molar-refractivity contribution is 5.57. The van der Waals surface area contributed by atoms with E-state index >= 15 is 0 Å². The summed E-state index contributed by atoms with van der Waals surface area (Å²) >= 11 is 0. The molecule has 0 N–H and O–H groups in total. The molecule has 3 aromatic rings. The van der Waals surface area contributed by atoms with Crippen LogP contribution in [-0.4, -0.2) is 19.7 Å². The number of aromatic nitrogens is 4. The molecule has 5 heteroatoms. The summed E-state index contributed by atoms with van der Waals surface area (Å²) in [5.41, 5.74) is 2.94. The molecule has 0 amide bonds. The predicted octanol–water partition coefficient (Wildman–Crippen LogP) is 2.20. The quantitative estimate of drug-likeness (QED) is 0.696. The fourth-order valence-corrected chi connectivity index (χ4v) is 1.80. The van der Waals surface area contributed by atoms with Gasteiger partial charge in [0.15, 0.2) is 0 Å². The van der Waals surface area contributed by atoms with Crippen LogP contribution in [0.25, 0.3) is 16.9 Å². The molecule has 90 valence electrons. The molecule has 0 bridgehead atoms. The zero-order chi connectivity index (χ0) is 13.1. The van der Waals surface area contributed by atoms with Crippen LogP contribution in [0.2, 0.25) is 0 Å². The fourth-order valence-electron chi connectivity index (χ4n) is 1.80. The lowest BCUT2D eigenvalue weighted by Crippen LogP contribution is -1.97. The molecular formula is C14H9N5. The van der Waals surface area contributed by atoms with Crippen molar-refractivity contribution in [3.05, 3.63) is 60.8 Å². The van der Waals surface area contributed by atoms with Gasteiger partial charge in [0.1, 0.15) is 6.07 Å². The van der Waals surface area contributed by atoms with E-state index in [1.165, 1.54) is 0 Å². The van der Waals surface area contributed by atoms with Crippen LogP contribution in [0.3, 0.4) is 0 Å². The summed E-state index contributed by atoms with van der Waals surface area (Å²) < 4.78 is 1.67. The second-order valence-electron chi connectivity index (χ2n) is 3.89. The van der Waals surface area contributed by atoms with Gasteiger partial charge in [0, 0.05) is 24.2 Å². The Bertz CT molecular complexity index is 740. The average Bonchev–Trinajstić information content (AvgIpc) is 2.98. The van der Waals surface area contributed by atoms with E-state index < -0.39 is 0 Å². The average molecular weight is 247 g/mol. The van der Waals surface area contributed by atoms with Crippen molar-refractivity contribution in [2.24, 2.45) is 0 Å². The first-order chi connectivity index (χ1) is 9.38. The Morgan fingerprint density at radius 1 is 1.11 bits per heavy atom. The lowest BCUT2D eigenvalue weighted by atomic mass is 10.2. The molecular weight excluding hydrogens is 238 g/mol. The summed E-state index contributed by atoms with van der Waals surface area (Å²) in [4.78, 5) is 8.24. The molecule has 19 heavy (non-hydrogen) atoms. The highest BCUT2D eigenvalue weighted by atomic mass is 15.3. The van der Waals surface area contributed by atoms with Crippen LogP contribution < -0.4 is 0 Å². The van der Waals surface area contributed by atoms with Gasteiger partial charge in [0.25, 0.3) is 0 Å². The van der Waals surface area contributed by atoms with E-state index in [-0.39, 0.29) is 0 Å². The van der Waals surface area contributed by atoms with Gasteiger partial charge in [-0.3, -0.25) is 9.97 Å². The minimum atomic E-state index is 0.580. The highest BCUT2D eigenvalue weighted by Gasteiger charge is 2.07. The predicted molar refractivity (Wildman–Crippen MR) is 69.3 cm³/mol. The van der Waals surface area contributed by atoms with Crippen LogP contribution >= 0.6 is 0 Å². The molecule has 2 aromatic heterocycles. The van der Waals surface area contributed by atoms with Crippen LogP contribution in [0.5, 0.6) is 0 Å². The van der Waals surface area contributed by atoms with E-state index in [1.807, 2.05) is 24.4 Å². The fraction of sp³-hybridized carbons (Fsp3) is 0. The molecule has 0 saturated carbocycles. The second-order valence-corrected chi connectivity index (χ2v) is 3.89. The molecule has 0 atom stereocenters. The van der Waals surface area contributed by atoms with Crippen molar-refractivity contribution < 1.29 is 0 Å². The Hall–Kier alpha value is -3.00. The molecule has 0 unspecified atom stereocenters. The number of para-hydroxylation sites is 1. The minimum Gasteiger partial charge on any atom is -0.261 e. The standard InChI is InChI=1S/C14H9N5/c15-7-11-3-1-2-4-14(11)19-10-12(8-18-19)13-9-16-5-6-17-13/h1-6,8-10H. The minimum absolute atomic E-state index is 0.580. The van der Waals surface area contributed by atoms with E-state index in [0.29, 0.717) is 5.56 Å². The number of hydrogen-bond donors (Lipinski definition) is 0. The number of hydrogen-bond acceptors (Lipinski definition) is 4. The summed E-state index contributed by atoms with van der Waals surface area (Å²) in [5, 5.41) is 13.4. The SMILES string of the molecule is N#Cc1ccccc1-n1cc(-c2cnccn2)cn1. The van der Waals surface area contributed by atoms with Gasteiger partial charge in [0.05, 0.1) is 29.3 Å². The number of benzene rings is 1. The van der Waals surface area contributed by atoms with E-state index in [1.54, 1.807) is 35.5 Å². The molecule has 0 aliphatic carbocycles. The van der Waals surface area contributed by atoms with Crippen molar-refractivity contribution in [1.29, 1.82) is 5.26 Å². The topological polar surface area (TPSA) is 67.4 Å². The zero-order valence-corrected chi connectivity index (χ0v) is 9.93. The molecule has 0 aliphatic rings. The van der Waals surface area contributed by atoms with Gasteiger partial charge in [-0.25, -0.2) is 4.68 Å². The summed E-state index contributed by atoms with van der Waals surface area (Å²) in [6.07, 6.45) is 8.48. The second kappa shape index (κ2) is 4.70. The molecule has 5 nitrogen and oxygen atoms in total. The largest absolute Gasteiger partial charge is 0.261 e.